The van der Waals surface area contributed by atoms with Gasteiger partial charge in [0.05, 0.1) is 12.5 Å². The summed E-state index contributed by atoms with van der Waals surface area (Å²) in [4.78, 5) is 29.3. The number of nitrogens with zero attached hydrogens (tertiary/aromatic N) is 5. The van der Waals surface area contributed by atoms with Crippen LogP contribution in [-0.2, 0) is 11.8 Å². The fraction of sp³-hybridized carbons (Fsp3) is 0.500. The number of hydrogen-bond donors (Lipinski definition) is 1. The molecule has 1 N–H and O–H groups in total. The SMILES string of the molecule is COC(=O)c1sc2nc(C)nc(N3CCC(C(O)c4nccn4C)CC3)c2c1C. The van der Waals surface area contributed by atoms with Gasteiger partial charge in [0.2, 0.25) is 0 Å². The van der Waals surface area contributed by atoms with Crippen LogP contribution in [0.5, 0.6) is 0 Å². The lowest BCUT2D eigenvalue weighted by Crippen LogP contribution is -2.36. The smallest absolute Gasteiger partial charge is 0.348 e. The molecule has 8 nitrogen and oxygen atoms in total. The van der Waals surface area contributed by atoms with Crippen LogP contribution < -0.4 is 4.90 Å². The molecule has 1 atom stereocenters. The van der Waals surface area contributed by atoms with E-state index in [1.165, 1.54) is 18.4 Å². The van der Waals surface area contributed by atoms with Gasteiger partial charge in [-0.05, 0) is 38.2 Å². The maximum absolute atomic E-state index is 12.1. The van der Waals surface area contributed by atoms with E-state index >= 15 is 0 Å². The summed E-state index contributed by atoms with van der Waals surface area (Å²) in [5.41, 5.74) is 0.863. The second-order valence-corrected chi connectivity index (χ2v) is 8.49. The number of esters is 1. The Labute approximate surface area is 173 Å². The molecule has 1 aliphatic rings. The molecule has 1 saturated heterocycles. The summed E-state index contributed by atoms with van der Waals surface area (Å²) in [6.45, 7) is 5.35. The van der Waals surface area contributed by atoms with Crippen molar-refractivity contribution in [2.45, 2.75) is 32.8 Å². The number of methoxy groups -OCH3 is 1. The van der Waals surface area contributed by atoms with E-state index < -0.39 is 6.10 Å². The van der Waals surface area contributed by atoms with Crippen LogP contribution >= 0.6 is 11.3 Å². The Bertz CT molecular complexity index is 1050. The molecule has 0 radical (unpaired) electrons. The Hall–Kier alpha value is -2.52. The first kappa shape index (κ1) is 19.8. The monoisotopic (exact) mass is 415 g/mol. The fourth-order valence-electron chi connectivity index (χ4n) is 4.04. The quantitative estimate of drug-likeness (QED) is 0.655. The van der Waals surface area contributed by atoms with E-state index in [2.05, 4.69) is 14.9 Å². The zero-order chi connectivity index (χ0) is 20.7. The van der Waals surface area contributed by atoms with Crippen LogP contribution in [0.4, 0.5) is 5.82 Å². The van der Waals surface area contributed by atoms with E-state index in [0.717, 1.165) is 47.5 Å². The van der Waals surface area contributed by atoms with E-state index in [-0.39, 0.29) is 11.9 Å². The Balaban J connectivity index is 1.60. The van der Waals surface area contributed by atoms with E-state index in [1.807, 2.05) is 31.7 Å². The molecule has 154 valence electrons. The van der Waals surface area contributed by atoms with E-state index in [1.54, 1.807) is 6.20 Å². The molecular weight excluding hydrogens is 390 g/mol. The molecule has 1 aliphatic heterocycles. The third-order valence-corrected chi connectivity index (χ3v) is 6.83. The van der Waals surface area contributed by atoms with Gasteiger partial charge in [-0.1, -0.05) is 0 Å². The van der Waals surface area contributed by atoms with E-state index in [4.69, 9.17) is 9.72 Å². The van der Waals surface area contributed by atoms with Gasteiger partial charge in [-0.25, -0.2) is 19.7 Å². The topological polar surface area (TPSA) is 93.4 Å². The summed E-state index contributed by atoms with van der Waals surface area (Å²) in [6, 6.07) is 0. The Morgan fingerprint density at radius 1 is 1.31 bits per heavy atom. The Morgan fingerprint density at radius 3 is 2.66 bits per heavy atom. The van der Waals surface area contributed by atoms with Gasteiger partial charge in [-0.15, -0.1) is 11.3 Å². The summed E-state index contributed by atoms with van der Waals surface area (Å²) >= 11 is 1.35. The molecule has 0 aliphatic carbocycles. The zero-order valence-corrected chi connectivity index (χ0v) is 17.9. The number of ether oxygens (including phenoxy) is 1. The van der Waals surface area contributed by atoms with Gasteiger partial charge in [0.15, 0.2) is 0 Å². The molecule has 0 aromatic carbocycles. The third kappa shape index (κ3) is 3.49. The van der Waals surface area contributed by atoms with Crippen LogP contribution in [-0.4, -0.2) is 50.8 Å². The van der Waals surface area contributed by atoms with Crippen LogP contribution in [0.15, 0.2) is 12.4 Å². The number of imidazole rings is 1. The van der Waals surface area contributed by atoms with E-state index in [0.29, 0.717) is 16.5 Å². The van der Waals surface area contributed by atoms with Crippen molar-refractivity contribution in [1.29, 1.82) is 0 Å². The minimum Gasteiger partial charge on any atom is -0.465 e. The Morgan fingerprint density at radius 2 is 2.03 bits per heavy atom. The highest BCUT2D eigenvalue weighted by Crippen LogP contribution is 2.38. The lowest BCUT2D eigenvalue weighted by Gasteiger charge is -2.35. The number of carbonyl (C=O) groups is 1. The molecule has 9 heteroatoms. The van der Waals surface area contributed by atoms with Crippen molar-refractivity contribution in [1.82, 2.24) is 19.5 Å². The molecule has 0 amide bonds. The normalized spacial score (nSPS) is 16.4. The number of carbonyl (C=O) groups excluding carboxylic acids is 1. The predicted octanol–water partition coefficient (Wildman–Crippen LogP) is 2.78. The van der Waals surface area contributed by atoms with Crippen LogP contribution in [0.3, 0.4) is 0 Å². The van der Waals surface area contributed by atoms with Gasteiger partial charge in [0.25, 0.3) is 0 Å². The van der Waals surface area contributed by atoms with Gasteiger partial charge in [-0.2, -0.15) is 0 Å². The molecule has 3 aromatic rings. The van der Waals surface area contributed by atoms with E-state index in [9.17, 15) is 9.90 Å². The van der Waals surface area contributed by atoms with Crippen molar-refractivity contribution < 1.29 is 14.6 Å². The number of aromatic nitrogens is 4. The van der Waals surface area contributed by atoms with Crippen molar-refractivity contribution >= 4 is 33.3 Å². The van der Waals surface area contributed by atoms with Gasteiger partial charge in [0.1, 0.15) is 33.3 Å². The summed E-state index contributed by atoms with van der Waals surface area (Å²) in [7, 11) is 3.29. The average Bonchev–Trinajstić information content (AvgIpc) is 3.29. The number of aliphatic hydroxyl groups is 1. The van der Waals surface area contributed by atoms with Crippen molar-refractivity contribution in [3.05, 3.63) is 34.5 Å². The van der Waals surface area contributed by atoms with Gasteiger partial charge >= 0.3 is 5.97 Å². The van der Waals surface area contributed by atoms with Crippen molar-refractivity contribution in [2.24, 2.45) is 13.0 Å². The molecule has 4 rings (SSSR count). The summed E-state index contributed by atoms with van der Waals surface area (Å²) in [6.07, 6.45) is 4.67. The first-order valence-corrected chi connectivity index (χ1v) is 10.5. The number of anilines is 1. The predicted molar refractivity (Wildman–Crippen MR) is 111 cm³/mol. The number of piperidine rings is 1. The Kier molecular flexibility index (Phi) is 5.26. The zero-order valence-electron chi connectivity index (χ0n) is 17.0. The highest BCUT2D eigenvalue weighted by molar-refractivity contribution is 7.20. The van der Waals surface area contributed by atoms with Crippen molar-refractivity contribution in [2.75, 3.05) is 25.1 Å². The van der Waals surface area contributed by atoms with Gasteiger partial charge in [0, 0.05) is 32.5 Å². The summed E-state index contributed by atoms with van der Waals surface area (Å²) in [5.74, 6) is 2.06. The summed E-state index contributed by atoms with van der Waals surface area (Å²) in [5, 5.41) is 11.7. The summed E-state index contributed by atoms with van der Waals surface area (Å²) < 4.78 is 6.79. The lowest BCUT2D eigenvalue weighted by molar-refractivity contribution is 0.0605. The number of fused-ring (bicyclic) bond motifs is 1. The molecule has 0 saturated carbocycles. The van der Waals surface area contributed by atoms with Crippen molar-refractivity contribution in [3.63, 3.8) is 0 Å². The number of aliphatic hydroxyl groups excluding tert-OH is 1. The standard InChI is InChI=1S/C20H25N5O3S/c1-11-14-17(22-12(2)23-19(14)29-16(11)20(27)28-4)25-8-5-13(6-9-25)15(26)18-21-7-10-24(18)3/h7,10,13,15,26H,5-6,8-9H2,1-4H3. The molecule has 1 fully saturated rings. The molecule has 1 unspecified atom stereocenters. The maximum Gasteiger partial charge on any atom is 0.348 e. The van der Waals surface area contributed by atoms with Crippen LogP contribution in [0.1, 0.15) is 45.8 Å². The fourth-order valence-corrected chi connectivity index (χ4v) is 5.18. The number of rotatable bonds is 4. The highest BCUT2D eigenvalue weighted by Gasteiger charge is 2.30. The molecule has 29 heavy (non-hydrogen) atoms. The number of aryl methyl sites for hydroxylation is 3. The van der Waals surface area contributed by atoms with Gasteiger partial charge in [-0.3, -0.25) is 0 Å². The molecule has 4 heterocycles. The second kappa shape index (κ2) is 7.72. The second-order valence-electron chi connectivity index (χ2n) is 7.49. The highest BCUT2D eigenvalue weighted by atomic mass is 32.1. The molecule has 0 spiro atoms. The van der Waals surface area contributed by atoms with Crippen LogP contribution in [0, 0.1) is 19.8 Å². The first-order chi connectivity index (χ1) is 13.9. The largest absolute Gasteiger partial charge is 0.465 e. The first-order valence-electron chi connectivity index (χ1n) is 9.67. The van der Waals surface area contributed by atoms with Crippen LogP contribution in [0.25, 0.3) is 10.2 Å². The average molecular weight is 416 g/mol. The minimum absolute atomic E-state index is 0.153. The van der Waals surface area contributed by atoms with Crippen molar-refractivity contribution in [3.8, 4) is 0 Å². The number of thiophene rings is 1. The molecule has 3 aromatic heterocycles. The third-order valence-electron chi connectivity index (χ3n) is 5.66. The molecule has 0 bridgehead atoms. The van der Waals surface area contributed by atoms with Gasteiger partial charge < -0.3 is 19.3 Å². The minimum atomic E-state index is -0.571. The van der Waals surface area contributed by atoms with Crippen LogP contribution in [0.2, 0.25) is 0 Å². The molecular formula is C20H25N5O3S. The lowest BCUT2D eigenvalue weighted by atomic mass is 9.90. The maximum atomic E-state index is 12.1. The number of hydrogen-bond acceptors (Lipinski definition) is 8.